The Balaban J connectivity index is 2.03. The van der Waals surface area contributed by atoms with Crippen LogP contribution in [0.15, 0.2) is 18.2 Å². The van der Waals surface area contributed by atoms with Gasteiger partial charge in [0.2, 0.25) is 0 Å². The van der Waals surface area contributed by atoms with E-state index in [-0.39, 0.29) is 6.61 Å². The molecule has 0 spiro atoms. The average Bonchev–Trinajstić information content (AvgIpc) is 3.17. The number of carboxylic acids is 1. The maximum absolute atomic E-state index is 11.7. The molecule has 0 radical (unpaired) electrons. The minimum atomic E-state index is -0.873. The summed E-state index contributed by atoms with van der Waals surface area (Å²) in [6.45, 7) is 6.20. The van der Waals surface area contributed by atoms with Crippen molar-refractivity contribution >= 4 is 16.9 Å². The number of aromatic nitrogens is 1. The molecule has 2 heterocycles. The molecule has 1 aromatic carbocycles. The summed E-state index contributed by atoms with van der Waals surface area (Å²) in [4.78, 5) is 14.2. The number of aliphatic hydroxyl groups excluding tert-OH is 1. The highest BCUT2D eigenvalue weighted by atomic mass is 16.4. The van der Waals surface area contributed by atoms with Gasteiger partial charge in [-0.25, -0.2) is 4.79 Å². The molecule has 5 heteroatoms. The Hall–Kier alpha value is -1.85. The van der Waals surface area contributed by atoms with Crippen LogP contribution >= 0.6 is 0 Å². The van der Waals surface area contributed by atoms with Gasteiger partial charge in [0.15, 0.2) is 0 Å². The molecular formula is C19H26N2O3. The number of benzene rings is 1. The summed E-state index contributed by atoms with van der Waals surface area (Å²) in [6, 6.07) is 5.50. The minimum Gasteiger partial charge on any atom is -0.478 e. The van der Waals surface area contributed by atoms with Crippen LogP contribution in [0.3, 0.4) is 0 Å². The summed E-state index contributed by atoms with van der Waals surface area (Å²) < 4.78 is 2.16. The van der Waals surface area contributed by atoms with Crippen molar-refractivity contribution in [2.45, 2.75) is 39.2 Å². The molecule has 5 nitrogen and oxygen atoms in total. The third-order valence-electron chi connectivity index (χ3n) is 5.12. The number of carboxylic acid groups (broad SMARTS) is 1. The van der Waals surface area contributed by atoms with Gasteiger partial charge in [0.05, 0.1) is 5.56 Å². The molecule has 1 fully saturated rings. The highest BCUT2D eigenvalue weighted by Gasteiger charge is 2.21. The zero-order valence-electron chi connectivity index (χ0n) is 14.3. The molecule has 1 aliphatic rings. The summed E-state index contributed by atoms with van der Waals surface area (Å²) in [6.07, 6.45) is 4.07. The van der Waals surface area contributed by atoms with Crippen molar-refractivity contribution in [1.29, 1.82) is 0 Å². The molecule has 24 heavy (non-hydrogen) atoms. The molecule has 0 unspecified atom stereocenters. The van der Waals surface area contributed by atoms with E-state index in [1.807, 2.05) is 12.1 Å². The van der Waals surface area contributed by atoms with E-state index >= 15 is 0 Å². The summed E-state index contributed by atoms with van der Waals surface area (Å²) >= 11 is 0. The van der Waals surface area contributed by atoms with E-state index in [0.717, 1.165) is 48.2 Å². The van der Waals surface area contributed by atoms with E-state index in [1.165, 1.54) is 12.8 Å². The second-order valence-electron chi connectivity index (χ2n) is 6.60. The van der Waals surface area contributed by atoms with Gasteiger partial charge in [-0.1, -0.05) is 6.07 Å². The molecule has 2 N–H and O–H groups in total. The van der Waals surface area contributed by atoms with Crippen LogP contribution < -0.4 is 0 Å². The zero-order chi connectivity index (χ0) is 17.1. The van der Waals surface area contributed by atoms with E-state index in [2.05, 4.69) is 16.4 Å². The highest BCUT2D eigenvalue weighted by Crippen LogP contribution is 2.30. The van der Waals surface area contributed by atoms with Gasteiger partial charge in [0.25, 0.3) is 0 Å². The minimum absolute atomic E-state index is 0.140. The van der Waals surface area contributed by atoms with Gasteiger partial charge in [0.1, 0.15) is 0 Å². The van der Waals surface area contributed by atoms with E-state index in [1.54, 1.807) is 6.07 Å². The monoisotopic (exact) mass is 330 g/mol. The molecule has 1 aromatic heterocycles. The number of hydrogen-bond donors (Lipinski definition) is 2. The maximum atomic E-state index is 11.7. The van der Waals surface area contributed by atoms with Gasteiger partial charge < -0.3 is 19.7 Å². The maximum Gasteiger partial charge on any atom is 0.336 e. The van der Waals surface area contributed by atoms with Gasteiger partial charge in [-0.05, 0) is 63.4 Å². The van der Waals surface area contributed by atoms with Gasteiger partial charge in [-0.3, -0.25) is 0 Å². The third-order valence-corrected chi connectivity index (χ3v) is 5.12. The molecule has 130 valence electrons. The first-order valence-electron chi connectivity index (χ1n) is 8.80. The molecule has 0 amide bonds. The van der Waals surface area contributed by atoms with Gasteiger partial charge in [-0.15, -0.1) is 0 Å². The summed E-state index contributed by atoms with van der Waals surface area (Å²) in [5, 5.41) is 19.7. The topological polar surface area (TPSA) is 65.7 Å². The Morgan fingerprint density at radius 2 is 1.96 bits per heavy atom. The highest BCUT2D eigenvalue weighted by molar-refractivity contribution is 6.05. The van der Waals surface area contributed by atoms with E-state index in [0.29, 0.717) is 18.5 Å². The summed E-state index contributed by atoms with van der Waals surface area (Å²) in [5.41, 5.74) is 3.63. The fourth-order valence-corrected chi connectivity index (χ4v) is 3.88. The van der Waals surface area contributed by atoms with E-state index in [9.17, 15) is 15.0 Å². The molecule has 0 atom stereocenters. The first-order chi connectivity index (χ1) is 11.6. The fourth-order valence-electron chi connectivity index (χ4n) is 3.88. The average molecular weight is 330 g/mol. The van der Waals surface area contributed by atoms with Crippen molar-refractivity contribution in [3.63, 3.8) is 0 Å². The van der Waals surface area contributed by atoms with Crippen molar-refractivity contribution < 1.29 is 15.0 Å². The summed E-state index contributed by atoms with van der Waals surface area (Å²) in [5.74, 6) is -0.873. The predicted molar refractivity (Wildman–Crippen MR) is 94.7 cm³/mol. The number of carbonyl (C=O) groups is 1. The van der Waals surface area contributed by atoms with Crippen molar-refractivity contribution in [3.8, 4) is 0 Å². The Labute approximate surface area is 142 Å². The third kappa shape index (κ3) is 3.19. The van der Waals surface area contributed by atoms with Crippen LogP contribution in [-0.4, -0.2) is 51.9 Å². The van der Waals surface area contributed by atoms with E-state index < -0.39 is 5.97 Å². The first-order valence-corrected chi connectivity index (χ1v) is 8.80. The largest absolute Gasteiger partial charge is 0.478 e. The lowest BCUT2D eigenvalue weighted by Crippen LogP contribution is -2.22. The van der Waals surface area contributed by atoms with Crippen LogP contribution in [0.4, 0.5) is 0 Å². The lowest BCUT2D eigenvalue weighted by molar-refractivity contribution is 0.0699. The second kappa shape index (κ2) is 7.36. The number of aromatic carboxylic acids is 1. The van der Waals surface area contributed by atoms with Crippen molar-refractivity contribution in [1.82, 2.24) is 9.47 Å². The van der Waals surface area contributed by atoms with Crippen LogP contribution in [0.2, 0.25) is 0 Å². The Morgan fingerprint density at radius 3 is 2.62 bits per heavy atom. The number of aryl methyl sites for hydroxylation is 1. The van der Waals surface area contributed by atoms with Crippen molar-refractivity contribution in [3.05, 3.63) is 35.0 Å². The molecule has 0 saturated carbocycles. The lowest BCUT2D eigenvalue weighted by atomic mass is 10.0. The first kappa shape index (κ1) is 17.0. The second-order valence-corrected chi connectivity index (χ2v) is 6.60. The van der Waals surface area contributed by atoms with Crippen LogP contribution in [-0.2, 0) is 13.0 Å². The van der Waals surface area contributed by atoms with Crippen LogP contribution in [0.5, 0.6) is 0 Å². The van der Waals surface area contributed by atoms with Gasteiger partial charge >= 0.3 is 5.97 Å². The Bertz CT molecular complexity index is 730. The van der Waals surface area contributed by atoms with E-state index in [4.69, 9.17) is 0 Å². The normalized spacial score (nSPS) is 15.4. The Morgan fingerprint density at radius 1 is 1.21 bits per heavy atom. The molecule has 3 rings (SSSR count). The molecule has 1 saturated heterocycles. The van der Waals surface area contributed by atoms with Crippen LogP contribution in [0.1, 0.15) is 40.9 Å². The molecule has 1 aliphatic heterocycles. The number of hydrogen-bond acceptors (Lipinski definition) is 3. The fraction of sp³-hybridized carbons (Fsp3) is 0.526. The standard InChI is InChI=1S/C19H26N2O3/c1-14-15(8-12-20-9-2-3-10-20)18-16(19(23)24)6-4-7-17(18)21(14)11-5-13-22/h4,6-7,22H,2-3,5,8-13H2,1H3,(H,23,24). The number of fused-ring (bicyclic) bond motifs is 1. The van der Waals surface area contributed by atoms with Crippen molar-refractivity contribution in [2.24, 2.45) is 0 Å². The zero-order valence-corrected chi connectivity index (χ0v) is 14.3. The summed E-state index contributed by atoms with van der Waals surface area (Å²) in [7, 11) is 0. The SMILES string of the molecule is Cc1c(CCN2CCCC2)c2c(C(=O)O)cccc2n1CCCO. The molecular weight excluding hydrogens is 304 g/mol. The number of nitrogens with zero attached hydrogens (tertiary/aromatic N) is 2. The number of aliphatic hydroxyl groups is 1. The van der Waals surface area contributed by atoms with Gasteiger partial charge in [-0.2, -0.15) is 0 Å². The predicted octanol–water partition coefficient (Wildman–Crippen LogP) is 2.67. The molecule has 0 bridgehead atoms. The molecule has 2 aromatic rings. The quantitative estimate of drug-likeness (QED) is 0.819. The van der Waals surface area contributed by atoms with Gasteiger partial charge in [0, 0.05) is 36.3 Å². The lowest BCUT2D eigenvalue weighted by Gasteiger charge is -2.15. The number of likely N-dealkylation sites (tertiary alicyclic amines) is 1. The molecule has 0 aliphatic carbocycles. The Kier molecular flexibility index (Phi) is 5.21. The van der Waals surface area contributed by atoms with Crippen LogP contribution in [0, 0.1) is 6.92 Å². The van der Waals surface area contributed by atoms with Crippen LogP contribution in [0.25, 0.3) is 10.9 Å². The van der Waals surface area contributed by atoms with Crippen molar-refractivity contribution in [2.75, 3.05) is 26.2 Å². The smallest absolute Gasteiger partial charge is 0.336 e. The number of rotatable bonds is 7.